The van der Waals surface area contributed by atoms with Gasteiger partial charge in [0.2, 0.25) is 0 Å². The Balaban J connectivity index is 1.34. The zero-order chi connectivity index (χ0) is 28.8. The van der Waals surface area contributed by atoms with Crippen molar-refractivity contribution in [1.82, 2.24) is 9.55 Å². The molecule has 0 saturated carbocycles. The number of halogens is 1. The first kappa shape index (κ1) is 28.2. The van der Waals surface area contributed by atoms with Crippen molar-refractivity contribution in [1.29, 1.82) is 0 Å². The monoisotopic (exact) mass is 634 g/mol. The quantitative estimate of drug-likeness (QED) is 0.209. The van der Waals surface area contributed by atoms with Crippen LogP contribution < -0.4 is 11.2 Å². The van der Waals surface area contributed by atoms with Crippen molar-refractivity contribution in [2.75, 3.05) is 13.2 Å². The summed E-state index contributed by atoms with van der Waals surface area (Å²) in [7, 11) is 0. The van der Waals surface area contributed by atoms with Crippen LogP contribution in [0.3, 0.4) is 0 Å². The van der Waals surface area contributed by atoms with Gasteiger partial charge in [-0.25, -0.2) is 19.0 Å². The second-order valence-electron chi connectivity index (χ2n) is 8.87. The highest BCUT2D eigenvalue weighted by Gasteiger charge is 2.20. The maximum Gasteiger partial charge on any atom is 0.338 e. The summed E-state index contributed by atoms with van der Waals surface area (Å²) in [5.74, 6) is -1.19. The van der Waals surface area contributed by atoms with Crippen LogP contribution in [0.15, 0.2) is 104 Å². The van der Waals surface area contributed by atoms with Crippen molar-refractivity contribution < 1.29 is 23.8 Å². The summed E-state index contributed by atoms with van der Waals surface area (Å²) in [6, 6.07) is 24.3. The van der Waals surface area contributed by atoms with Crippen LogP contribution in [0, 0.1) is 0 Å². The van der Waals surface area contributed by atoms with Crippen molar-refractivity contribution in [3.63, 3.8) is 0 Å². The topological polar surface area (TPSA) is 117 Å². The number of carbonyl (C=O) groups excluding carboxylic acids is 2. The van der Waals surface area contributed by atoms with Gasteiger partial charge in [0.05, 0.1) is 16.6 Å². The first-order valence-electron chi connectivity index (χ1n) is 12.5. The predicted octanol–water partition coefficient (Wildman–Crippen LogP) is 5.24. The highest BCUT2D eigenvalue weighted by Crippen LogP contribution is 2.31. The van der Waals surface area contributed by atoms with Gasteiger partial charge >= 0.3 is 17.6 Å². The van der Waals surface area contributed by atoms with Crippen LogP contribution in [-0.4, -0.2) is 40.8 Å². The highest BCUT2D eigenvalue weighted by atomic mass is 79.9. The Morgan fingerprint density at radius 2 is 1.39 bits per heavy atom. The first-order chi connectivity index (χ1) is 19.9. The van der Waals surface area contributed by atoms with E-state index in [0.29, 0.717) is 21.3 Å². The zero-order valence-electron chi connectivity index (χ0n) is 21.5. The Bertz CT molecular complexity index is 1730. The predicted molar refractivity (Wildman–Crippen MR) is 158 cm³/mol. The molecule has 11 heteroatoms. The Labute approximate surface area is 246 Å². The van der Waals surface area contributed by atoms with Gasteiger partial charge in [0.1, 0.15) is 30.7 Å². The normalized spacial score (nSPS) is 11.1. The average Bonchev–Trinajstić information content (AvgIpc) is 3.42. The maximum absolute atomic E-state index is 13.3. The summed E-state index contributed by atoms with van der Waals surface area (Å²) in [5.41, 5.74) is 1.50. The number of hydrogen-bond donors (Lipinski definition) is 1. The molecule has 0 spiro atoms. The number of thiophene rings is 1. The molecule has 41 heavy (non-hydrogen) atoms. The molecule has 5 rings (SSSR count). The summed E-state index contributed by atoms with van der Waals surface area (Å²) in [5, 5.41) is 1.81. The highest BCUT2D eigenvalue weighted by molar-refractivity contribution is 9.10. The van der Waals surface area contributed by atoms with Crippen molar-refractivity contribution in [2.24, 2.45) is 0 Å². The van der Waals surface area contributed by atoms with Crippen molar-refractivity contribution >= 4 is 49.4 Å². The molecule has 0 amide bonds. The van der Waals surface area contributed by atoms with E-state index >= 15 is 0 Å². The number of aromatic nitrogens is 2. The number of aromatic amines is 1. The van der Waals surface area contributed by atoms with E-state index in [4.69, 9.17) is 14.2 Å². The molecule has 3 aromatic carbocycles. The van der Waals surface area contributed by atoms with E-state index in [0.717, 1.165) is 20.2 Å². The van der Waals surface area contributed by atoms with Gasteiger partial charge in [-0.3, -0.25) is 4.79 Å². The van der Waals surface area contributed by atoms with Crippen LogP contribution in [0.4, 0.5) is 0 Å². The number of fused-ring (bicyclic) bond motifs is 1. The molecule has 0 radical (unpaired) electrons. The Morgan fingerprint density at radius 1 is 0.829 bits per heavy atom. The number of hydrogen-bond acceptors (Lipinski definition) is 8. The third-order valence-corrected chi connectivity index (χ3v) is 7.62. The second kappa shape index (κ2) is 12.9. The van der Waals surface area contributed by atoms with Crippen molar-refractivity contribution in [3.05, 3.63) is 127 Å². The van der Waals surface area contributed by atoms with E-state index < -0.39 is 36.0 Å². The van der Waals surface area contributed by atoms with Gasteiger partial charge in [-0.2, -0.15) is 0 Å². The summed E-state index contributed by atoms with van der Waals surface area (Å²) >= 11 is 4.61. The number of esters is 2. The fourth-order valence-electron chi connectivity index (χ4n) is 3.96. The Hall–Kier alpha value is -4.32. The van der Waals surface area contributed by atoms with E-state index in [1.54, 1.807) is 60.7 Å². The smallest absolute Gasteiger partial charge is 0.338 e. The largest absolute Gasteiger partial charge is 0.459 e. The average molecular weight is 635 g/mol. The van der Waals surface area contributed by atoms with Gasteiger partial charge in [0.15, 0.2) is 0 Å². The fourth-order valence-corrected chi connectivity index (χ4v) is 5.21. The SMILES string of the molecule is O=C(OCC(COC(=O)c1ccccc1)OCn1c(=O)[nH]c2c(-c3ccc(Br)cc3)csc2c1=O)c1ccccc1. The van der Waals surface area contributed by atoms with Crippen molar-refractivity contribution in [2.45, 2.75) is 12.8 Å². The summed E-state index contributed by atoms with van der Waals surface area (Å²) in [6.07, 6.45) is -0.959. The molecule has 0 aliphatic carbocycles. The number of nitrogens with zero attached hydrogens (tertiary/aromatic N) is 1. The molecule has 0 aliphatic rings. The molecule has 0 saturated heterocycles. The molecule has 0 fully saturated rings. The van der Waals surface area contributed by atoms with Gasteiger partial charge in [-0.05, 0) is 42.0 Å². The lowest BCUT2D eigenvalue weighted by molar-refractivity contribution is -0.0641. The standard InChI is InChI=1S/C30H23BrN2O7S/c31-22-13-11-19(12-14-22)24-17-41-26-25(24)32-30(37)33(27(26)34)18-40-23(15-38-28(35)20-7-3-1-4-8-20)16-39-29(36)21-9-5-2-6-10-21/h1-14,17,23H,15-16,18H2,(H,32,37). The Morgan fingerprint density at radius 3 is 1.95 bits per heavy atom. The summed E-state index contributed by atoms with van der Waals surface area (Å²) in [6.45, 7) is -1.01. The number of ether oxygens (including phenoxy) is 3. The minimum absolute atomic E-state index is 0.280. The van der Waals surface area contributed by atoms with Gasteiger partial charge in [0, 0.05) is 15.4 Å². The number of H-pyrrole nitrogens is 1. The lowest BCUT2D eigenvalue weighted by Gasteiger charge is -2.18. The molecule has 208 valence electrons. The molecule has 0 unspecified atom stereocenters. The van der Waals surface area contributed by atoms with Crippen LogP contribution in [0.25, 0.3) is 21.3 Å². The lowest BCUT2D eigenvalue weighted by Crippen LogP contribution is -2.38. The molecular formula is C30H23BrN2O7S. The maximum atomic E-state index is 13.3. The molecule has 0 atom stereocenters. The van der Waals surface area contributed by atoms with Crippen LogP contribution in [0.5, 0.6) is 0 Å². The van der Waals surface area contributed by atoms with E-state index in [1.165, 1.54) is 11.3 Å². The van der Waals surface area contributed by atoms with Crippen LogP contribution in [0.1, 0.15) is 20.7 Å². The molecule has 9 nitrogen and oxygen atoms in total. The number of carbonyl (C=O) groups is 2. The van der Waals surface area contributed by atoms with E-state index in [1.807, 2.05) is 29.6 Å². The van der Waals surface area contributed by atoms with Crippen molar-refractivity contribution in [3.8, 4) is 11.1 Å². The molecule has 2 heterocycles. The molecule has 2 aromatic heterocycles. The molecule has 5 aromatic rings. The first-order valence-corrected chi connectivity index (χ1v) is 14.1. The van der Waals surface area contributed by atoms with Gasteiger partial charge in [-0.15, -0.1) is 11.3 Å². The van der Waals surface area contributed by atoms with E-state index in [-0.39, 0.29) is 13.2 Å². The van der Waals surface area contributed by atoms with E-state index in [2.05, 4.69) is 20.9 Å². The molecular weight excluding hydrogens is 612 g/mol. The Kier molecular flexibility index (Phi) is 8.88. The zero-order valence-corrected chi connectivity index (χ0v) is 23.9. The van der Waals surface area contributed by atoms with Crippen LogP contribution in [0.2, 0.25) is 0 Å². The fraction of sp³-hybridized carbons (Fsp3) is 0.133. The van der Waals surface area contributed by atoms with Gasteiger partial charge in [0.25, 0.3) is 5.56 Å². The van der Waals surface area contributed by atoms with E-state index in [9.17, 15) is 19.2 Å². The number of rotatable bonds is 10. The second-order valence-corrected chi connectivity index (χ2v) is 10.7. The summed E-state index contributed by atoms with van der Waals surface area (Å²) in [4.78, 5) is 54.0. The summed E-state index contributed by atoms with van der Waals surface area (Å²) < 4.78 is 18.7. The molecule has 0 aliphatic heterocycles. The van der Waals surface area contributed by atoms with Gasteiger partial charge < -0.3 is 19.2 Å². The van der Waals surface area contributed by atoms with Crippen LogP contribution in [-0.2, 0) is 20.9 Å². The molecule has 0 bridgehead atoms. The third-order valence-electron chi connectivity index (χ3n) is 6.12. The van der Waals surface area contributed by atoms with Gasteiger partial charge in [-0.1, -0.05) is 64.5 Å². The third kappa shape index (κ3) is 6.71. The van der Waals surface area contributed by atoms with Crippen LogP contribution >= 0.6 is 27.3 Å². The number of nitrogens with one attached hydrogen (secondary N) is 1. The molecule has 1 N–H and O–H groups in total. The lowest BCUT2D eigenvalue weighted by atomic mass is 10.1. The minimum atomic E-state index is -0.959. The number of benzene rings is 3. The minimum Gasteiger partial charge on any atom is -0.459 e.